The molecule has 7 aliphatic rings. The second-order valence-electron chi connectivity index (χ2n) is 19.6. The summed E-state index contributed by atoms with van der Waals surface area (Å²) in [6.45, 7) is 4.08. The number of ether oxygens (including phenoxy) is 13. The SMILES string of the molecule is C[C@@H]1O[C@@H](O)[C@H](O[C@@H]2O[C@H](CO)[C@H](O)[C@H](O[C@@H]3O[C@@H](C)[C@H](O)[C@@H](O)[C@H]3O[C@@H]3O[C@@H](C)[C@H](O)[C@@H](O[C@@H]4O[C@@H](C)[C@H](O[C@@H]5O[C@H](C(=O)O)[C@@H](O)[C@H](O)[C@H]5O)[C@@H](O[C@@H]5O[C@H](C(=O)O)[C@@H](O)[C@H](O)[C@H]5O)[C@H]4O)[C@H]3O)[C@H]2O)[C@H](O)[C@H]1O. The average molecular weight is 1120 g/mol. The van der Waals surface area contributed by atoms with Gasteiger partial charge in [0.1, 0.15) is 134 Å². The Labute approximate surface area is 429 Å². The first-order chi connectivity index (χ1) is 35.6. The summed E-state index contributed by atoms with van der Waals surface area (Å²) < 4.78 is 73.5. The summed E-state index contributed by atoms with van der Waals surface area (Å²) in [6, 6.07) is 0. The molecular formula is C42H68O34. The number of hydrogen-bond acceptors (Lipinski definition) is 32. The molecule has 440 valence electrons. The van der Waals surface area contributed by atoms with Crippen LogP contribution in [0.15, 0.2) is 0 Å². The monoisotopic (exact) mass is 1120 g/mol. The molecule has 7 rings (SSSR count). The van der Waals surface area contributed by atoms with Crippen molar-refractivity contribution < 1.29 is 168 Å². The van der Waals surface area contributed by atoms with E-state index in [4.69, 9.17) is 61.6 Å². The van der Waals surface area contributed by atoms with E-state index in [1.54, 1.807) is 0 Å². The Morgan fingerprint density at radius 1 is 0.316 bits per heavy atom. The first-order valence-corrected chi connectivity index (χ1v) is 24.1. The van der Waals surface area contributed by atoms with Gasteiger partial charge in [0.2, 0.25) is 0 Å². The Kier molecular flexibility index (Phi) is 20.1. The third-order valence-corrected chi connectivity index (χ3v) is 14.3. The van der Waals surface area contributed by atoms with Crippen molar-refractivity contribution in [1.82, 2.24) is 0 Å². The molecule has 0 aliphatic carbocycles. The predicted octanol–water partition coefficient (Wildman–Crippen LogP) is -12.0. The molecule has 0 amide bonds. The Hall–Kier alpha value is -2.26. The number of carboxylic acids is 2. The summed E-state index contributed by atoms with van der Waals surface area (Å²) in [4.78, 5) is 23.8. The number of rotatable bonds is 15. The highest BCUT2D eigenvalue weighted by Crippen LogP contribution is 2.38. The summed E-state index contributed by atoms with van der Waals surface area (Å²) in [5, 5.41) is 204. The highest BCUT2D eigenvalue weighted by molar-refractivity contribution is 5.73. The number of carbonyl (C=O) groups is 2. The minimum absolute atomic E-state index is 0.958. The van der Waals surface area contributed by atoms with Crippen LogP contribution in [-0.2, 0) is 71.2 Å². The molecule has 0 aromatic heterocycles. The summed E-state index contributed by atoms with van der Waals surface area (Å²) in [6.07, 6.45) is -68.9. The second-order valence-corrected chi connectivity index (χ2v) is 19.6. The van der Waals surface area contributed by atoms with Gasteiger partial charge in [-0.05, 0) is 27.7 Å². The number of hydrogen-bond donors (Lipinski definition) is 19. The van der Waals surface area contributed by atoms with E-state index in [2.05, 4.69) is 0 Å². The van der Waals surface area contributed by atoms with Crippen molar-refractivity contribution >= 4 is 11.9 Å². The van der Waals surface area contributed by atoms with Crippen LogP contribution in [-0.4, -0.2) is 331 Å². The minimum Gasteiger partial charge on any atom is -0.479 e. The van der Waals surface area contributed by atoms with E-state index in [-0.39, 0.29) is 0 Å². The lowest BCUT2D eigenvalue weighted by Crippen LogP contribution is -2.68. The maximum Gasteiger partial charge on any atom is 0.335 e. The molecule has 0 aromatic carbocycles. The summed E-state index contributed by atoms with van der Waals surface area (Å²) in [5.74, 6) is -3.68. The Bertz CT molecular complexity index is 1910. The lowest BCUT2D eigenvalue weighted by Gasteiger charge is -2.50. The predicted molar refractivity (Wildman–Crippen MR) is 227 cm³/mol. The molecule has 35 atom stereocenters. The summed E-state index contributed by atoms with van der Waals surface area (Å²) in [7, 11) is 0. The van der Waals surface area contributed by atoms with E-state index in [9.17, 15) is 107 Å². The molecule has 0 spiro atoms. The Morgan fingerprint density at radius 3 is 1.18 bits per heavy atom. The molecular weight excluding hydrogens is 1050 g/mol. The third kappa shape index (κ3) is 12.2. The number of carboxylic acid groups (broad SMARTS) is 2. The maximum absolute atomic E-state index is 12.0. The van der Waals surface area contributed by atoms with Crippen molar-refractivity contribution in [1.29, 1.82) is 0 Å². The Balaban J connectivity index is 1.12. The quantitative estimate of drug-likeness (QED) is 0.0724. The summed E-state index contributed by atoms with van der Waals surface area (Å²) >= 11 is 0. The van der Waals surface area contributed by atoms with E-state index >= 15 is 0 Å². The molecule has 0 radical (unpaired) electrons. The summed E-state index contributed by atoms with van der Waals surface area (Å²) in [5.41, 5.74) is 0. The molecule has 7 fully saturated rings. The minimum atomic E-state index is -2.34. The highest BCUT2D eigenvalue weighted by Gasteiger charge is 2.59. The van der Waals surface area contributed by atoms with Gasteiger partial charge in [0.05, 0.1) is 31.0 Å². The van der Waals surface area contributed by atoms with Crippen LogP contribution >= 0.6 is 0 Å². The van der Waals surface area contributed by atoms with Gasteiger partial charge in [0, 0.05) is 0 Å². The van der Waals surface area contributed by atoms with Gasteiger partial charge < -0.3 is 159 Å². The van der Waals surface area contributed by atoms with Crippen molar-refractivity contribution in [3.63, 3.8) is 0 Å². The zero-order valence-corrected chi connectivity index (χ0v) is 40.5. The van der Waals surface area contributed by atoms with Gasteiger partial charge in [-0.1, -0.05) is 0 Å². The van der Waals surface area contributed by atoms with Crippen molar-refractivity contribution in [3.8, 4) is 0 Å². The first kappa shape index (κ1) is 61.4. The lowest BCUT2D eigenvalue weighted by atomic mass is 9.95. The molecule has 34 heteroatoms. The van der Waals surface area contributed by atoms with Gasteiger partial charge in [-0.3, -0.25) is 0 Å². The number of aliphatic carboxylic acids is 2. The van der Waals surface area contributed by atoms with Crippen molar-refractivity contribution in [3.05, 3.63) is 0 Å². The molecule has 7 aliphatic heterocycles. The fraction of sp³-hybridized carbons (Fsp3) is 0.952. The van der Waals surface area contributed by atoms with E-state index in [1.807, 2.05) is 0 Å². The van der Waals surface area contributed by atoms with Gasteiger partial charge >= 0.3 is 11.9 Å². The molecule has 0 unspecified atom stereocenters. The normalized spacial score (nSPS) is 54.5. The van der Waals surface area contributed by atoms with Gasteiger partial charge in [-0.15, -0.1) is 0 Å². The van der Waals surface area contributed by atoms with Crippen LogP contribution in [0.3, 0.4) is 0 Å². The fourth-order valence-electron chi connectivity index (χ4n) is 9.72. The van der Waals surface area contributed by atoms with Crippen LogP contribution in [0.25, 0.3) is 0 Å². The van der Waals surface area contributed by atoms with Crippen LogP contribution in [0.5, 0.6) is 0 Å². The van der Waals surface area contributed by atoms with E-state index in [1.165, 1.54) is 27.7 Å². The fourth-order valence-corrected chi connectivity index (χ4v) is 9.72. The van der Waals surface area contributed by atoms with Crippen LogP contribution < -0.4 is 0 Å². The molecule has 76 heavy (non-hydrogen) atoms. The van der Waals surface area contributed by atoms with E-state index < -0.39 is 233 Å². The zero-order chi connectivity index (χ0) is 56.3. The van der Waals surface area contributed by atoms with E-state index in [0.29, 0.717) is 0 Å². The molecule has 0 aromatic rings. The topological polar surface area (TPSA) is 539 Å². The first-order valence-electron chi connectivity index (χ1n) is 24.1. The molecule has 0 saturated carbocycles. The van der Waals surface area contributed by atoms with E-state index in [0.717, 1.165) is 0 Å². The van der Waals surface area contributed by atoms with Crippen molar-refractivity contribution in [2.75, 3.05) is 6.61 Å². The molecule has 19 N–H and O–H groups in total. The Morgan fingerprint density at radius 2 is 0.671 bits per heavy atom. The van der Waals surface area contributed by atoms with Crippen molar-refractivity contribution in [2.45, 2.75) is 243 Å². The standard InChI is InChI=1S/C42H68O34/c1-6-11(44)17(50)32(36(63)64-6)75-41-24(57)28(14(47)10(5-43)68-41)71-42-33(18(51)12(45)7(2)66-42)76-39-23(56)27(13(46)8(3)65-39)70-40-25(58)29(72-38-22(55)16(49)20(53)31(74-38)35(61)62)26(9(4)67-40)69-37-21(54)15(48)19(52)30(73-37)34(59)60/h6-33,36-58,63H,5H2,1-4H3,(H,59,60)(H,61,62)/t6-,7-,8-,9-,10+,11-,12-,13-,14-,15-,16-,17+,18+,19-,20-,21+,22+,23+,24+,25+,26-,27+,28-,29-,30-,31-,32+,33+,36+,37+,38+,39-,40-,41-,42-/m0/s1. The van der Waals surface area contributed by atoms with Gasteiger partial charge in [-0.25, -0.2) is 9.59 Å². The molecule has 34 nitrogen and oxygen atoms in total. The van der Waals surface area contributed by atoms with Gasteiger partial charge in [-0.2, -0.15) is 0 Å². The van der Waals surface area contributed by atoms with Crippen LogP contribution in [0.1, 0.15) is 27.7 Å². The molecule has 7 saturated heterocycles. The van der Waals surface area contributed by atoms with Crippen LogP contribution in [0.2, 0.25) is 0 Å². The maximum atomic E-state index is 12.0. The zero-order valence-electron chi connectivity index (χ0n) is 40.5. The number of aliphatic hydroxyl groups is 17. The van der Waals surface area contributed by atoms with Crippen LogP contribution in [0.4, 0.5) is 0 Å². The third-order valence-electron chi connectivity index (χ3n) is 14.3. The van der Waals surface area contributed by atoms with Gasteiger partial charge in [0.25, 0.3) is 0 Å². The second kappa shape index (κ2) is 24.8. The smallest absolute Gasteiger partial charge is 0.335 e. The molecule has 0 bridgehead atoms. The largest absolute Gasteiger partial charge is 0.479 e. The highest BCUT2D eigenvalue weighted by atomic mass is 16.8. The van der Waals surface area contributed by atoms with Crippen molar-refractivity contribution in [2.24, 2.45) is 0 Å². The lowest BCUT2D eigenvalue weighted by molar-refractivity contribution is -0.405. The number of aliphatic hydroxyl groups excluding tert-OH is 17. The van der Waals surface area contributed by atoms with Crippen LogP contribution in [0, 0.1) is 0 Å². The molecule has 7 heterocycles. The average Bonchev–Trinajstić information content (AvgIpc) is 3.36. The van der Waals surface area contributed by atoms with Gasteiger partial charge in [0.15, 0.2) is 56.2 Å².